The first-order valence-corrected chi connectivity index (χ1v) is 8.89. The standard InChI is InChI=1S/C21H17ClN2O/c22-18-4-1-3-16-12-23-20(19-5-2-9-24(19)21(16)18)15-6-7-17-13-25-10-8-14(17)11-15/h1-7,9,11H,8,10,12-13H2. The van der Waals surface area contributed by atoms with E-state index >= 15 is 0 Å². The lowest BCUT2D eigenvalue weighted by atomic mass is 9.97. The molecular formula is C21H17ClN2O. The molecule has 0 saturated carbocycles. The van der Waals surface area contributed by atoms with Crippen LogP contribution in [0.2, 0.25) is 5.02 Å². The van der Waals surface area contributed by atoms with Crippen LogP contribution in [0.25, 0.3) is 5.69 Å². The number of aliphatic imine (C=N–C) groups is 1. The summed E-state index contributed by atoms with van der Waals surface area (Å²) in [6, 6.07) is 16.8. The van der Waals surface area contributed by atoms with Crippen LogP contribution >= 0.6 is 11.6 Å². The molecule has 0 aliphatic carbocycles. The molecule has 25 heavy (non-hydrogen) atoms. The largest absolute Gasteiger partial charge is 0.376 e. The number of ether oxygens (including phenoxy) is 1. The molecule has 5 rings (SSSR count). The van der Waals surface area contributed by atoms with Gasteiger partial charge in [-0.05, 0) is 47.4 Å². The monoisotopic (exact) mass is 348 g/mol. The zero-order valence-corrected chi connectivity index (χ0v) is 14.5. The van der Waals surface area contributed by atoms with Crippen LogP contribution in [0, 0.1) is 0 Å². The molecule has 0 atom stereocenters. The van der Waals surface area contributed by atoms with Gasteiger partial charge in [0.15, 0.2) is 0 Å². The highest BCUT2D eigenvalue weighted by Crippen LogP contribution is 2.31. The first-order valence-electron chi connectivity index (χ1n) is 8.51. The van der Waals surface area contributed by atoms with Crippen LogP contribution in [0.1, 0.15) is 27.9 Å². The Labute approximate surface area is 151 Å². The number of benzene rings is 2. The molecule has 3 nitrogen and oxygen atoms in total. The van der Waals surface area contributed by atoms with Gasteiger partial charge in [-0.25, -0.2) is 0 Å². The second-order valence-electron chi connectivity index (χ2n) is 6.46. The molecule has 0 spiro atoms. The van der Waals surface area contributed by atoms with Gasteiger partial charge in [0, 0.05) is 11.8 Å². The van der Waals surface area contributed by atoms with Crippen molar-refractivity contribution in [3.05, 3.63) is 87.7 Å². The second-order valence-corrected chi connectivity index (χ2v) is 6.87. The highest BCUT2D eigenvalue weighted by molar-refractivity contribution is 6.32. The molecule has 124 valence electrons. The van der Waals surface area contributed by atoms with Crippen molar-refractivity contribution in [2.45, 2.75) is 19.6 Å². The van der Waals surface area contributed by atoms with Gasteiger partial charge in [0.2, 0.25) is 0 Å². The molecule has 2 aliphatic heterocycles. The summed E-state index contributed by atoms with van der Waals surface area (Å²) in [5, 5.41) is 0.758. The maximum atomic E-state index is 6.50. The van der Waals surface area contributed by atoms with Crippen molar-refractivity contribution in [3.8, 4) is 5.69 Å². The summed E-state index contributed by atoms with van der Waals surface area (Å²) in [7, 11) is 0. The average molecular weight is 349 g/mol. The SMILES string of the molecule is Clc1cccc2c1-n1cccc1C(c1ccc3c(c1)CCOC3)=NC2. The van der Waals surface area contributed by atoms with E-state index in [0.717, 1.165) is 46.3 Å². The van der Waals surface area contributed by atoms with Crippen LogP contribution in [0.5, 0.6) is 0 Å². The van der Waals surface area contributed by atoms with Crippen LogP contribution in [0.15, 0.2) is 59.7 Å². The lowest BCUT2D eigenvalue weighted by Crippen LogP contribution is -2.13. The Hall–Kier alpha value is -2.36. The zero-order valence-electron chi connectivity index (χ0n) is 13.7. The lowest BCUT2D eigenvalue weighted by Gasteiger charge is -2.18. The van der Waals surface area contributed by atoms with Gasteiger partial charge in [-0.15, -0.1) is 0 Å². The fourth-order valence-corrected chi connectivity index (χ4v) is 4.01. The fourth-order valence-electron chi connectivity index (χ4n) is 3.72. The van der Waals surface area contributed by atoms with E-state index in [1.54, 1.807) is 0 Å². The van der Waals surface area contributed by atoms with Crippen molar-refractivity contribution in [1.29, 1.82) is 0 Å². The topological polar surface area (TPSA) is 26.5 Å². The fraction of sp³-hybridized carbons (Fsp3) is 0.190. The van der Waals surface area contributed by atoms with Crippen molar-refractivity contribution in [3.63, 3.8) is 0 Å². The van der Waals surface area contributed by atoms with Crippen LogP contribution in [0.3, 0.4) is 0 Å². The van der Waals surface area contributed by atoms with Gasteiger partial charge in [0.1, 0.15) is 0 Å². The molecule has 4 heteroatoms. The highest BCUT2D eigenvalue weighted by Gasteiger charge is 2.21. The van der Waals surface area contributed by atoms with Crippen LogP contribution in [-0.4, -0.2) is 16.9 Å². The molecule has 0 N–H and O–H groups in total. The maximum Gasteiger partial charge on any atom is 0.0891 e. The smallest absolute Gasteiger partial charge is 0.0891 e. The van der Waals surface area contributed by atoms with Crippen LogP contribution < -0.4 is 0 Å². The van der Waals surface area contributed by atoms with Gasteiger partial charge in [-0.2, -0.15) is 0 Å². The summed E-state index contributed by atoms with van der Waals surface area (Å²) in [5.41, 5.74) is 8.09. The Bertz CT molecular complexity index is 1000. The Morgan fingerprint density at radius 1 is 1.00 bits per heavy atom. The van der Waals surface area contributed by atoms with Crippen LogP contribution in [-0.2, 0) is 24.3 Å². The van der Waals surface area contributed by atoms with Gasteiger partial charge in [0.25, 0.3) is 0 Å². The highest BCUT2D eigenvalue weighted by atomic mass is 35.5. The molecule has 0 bridgehead atoms. The molecular weight excluding hydrogens is 332 g/mol. The van der Waals surface area contributed by atoms with Gasteiger partial charge >= 0.3 is 0 Å². The number of rotatable bonds is 1. The average Bonchev–Trinajstić information content (AvgIpc) is 3.05. The molecule has 0 fully saturated rings. The molecule has 3 heterocycles. The van der Waals surface area contributed by atoms with Crippen molar-refractivity contribution >= 4 is 17.3 Å². The first-order chi connectivity index (χ1) is 12.3. The van der Waals surface area contributed by atoms with E-state index in [9.17, 15) is 0 Å². The van der Waals surface area contributed by atoms with Crippen molar-refractivity contribution in [2.24, 2.45) is 4.99 Å². The Morgan fingerprint density at radius 3 is 2.92 bits per heavy atom. The third-order valence-electron chi connectivity index (χ3n) is 4.96. The van der Waals surface area contributed by atoms with Gasteiger partial charge in [0.05, 0.1) is 41.9 Å². The minimum absolute atomic E-state index is 0.632. The predicted molar refractivity (Wildman–Crippen MR) is 99.9 cm³/mol. The lowest BCUT2D eigenvalue weighted by molar-refractivity contribution is 0.111. The van der Waals surface area contributed by atoms with Crippen molar-refractivity contribution in [2.75, 3.05) is 6.61 Å². The van der Waals surface area contributed by atoms with Gasteiger partial charge < -0.3 is 9.30 Å². The Morgan fingerprint density at radius 2 is 1.96 bits per heavy atom. The second kappa shape index (κ2) is 5.87. The number of nitrogens with zero attached hydrogens (tertiary/aromatic N) is 2. The number of para-hydroxylation sites is 1. The number of halogens is 1. The summed E-state index contributed by atoms with van der Waals surface area (Å²) in [6.07, 6.45) is 3.02. The number of hydrogen-bond acceptors (Lipinski definition) is 2. The quantitative estimate of drug-likeness (QED) is 0.633. The van der Waals surface area contributed by atoms with Crippen molar-refractivity contribution in [1.82, 2.24) is 4.57 Å². The summed E-state index contributed by atoms with van der Waals surface area (Å²) in [4.78, 5) is 4.94. The maximum absolute atomic E-state index is 6.50. The molecule has 2 aliphatic rings. The van der Waals surface area contributed by atoms with E-state index in [0.29, 0.717) is 13.2 Å². The third-order valence-corrected chi connectivity index (χ3v) is 5.27. The molecule has 1 aromatic heterocycles. The minimum Gasteiger partial charge on any atom is -0.376 e. The molecule has 0 amide bonds. The molecule has 3 aromatic rings. The third kappa shape index (κ3) is 2.43. The minimum atomic E-state index is 0.632. The van der Waals surface area contributed by atoms with E-state index in [1.807, 2.05) is 12.1 Å². The van der Waals surface area contributed by atoms with Gasteiger partial charge in [-0.3, -0.25) is 4.99 Å². The van der Waals surface area contributed by atoms with Gasteiger partial charge in [-0.1, -0.05) is 35.9 Å². The number of aromatic nitrogens is 1. The van der Waals surface area contributed by atoms with E-state index in [1.165, 1.54) is 11.1 Å². The van der Waals surface area contributed by atoms with E-state index in [4.69, 9.17) is 21.3 Å². The Balaban J connectivity index is 1.68. The van der Waals surface area contributed by atoms with E-state index in [2.05, 4.69) is 47.2 Å². The molecule has 0 saturated heterocycles. The summed E-state index contributed by atoms with van der Waals surface area (Å²) in [6.45, 7) is 2.13. The van der Waals surface area contributed by atoms with Crippen LogP contribution in [0.4, 0.5) is 0 Å². The normalized spacial score (nSPS) is 15.6. The summed E-state index contributed by atoms with van der Waals surface area (Å²) >= 11 is 6.50. The van der Waals surface area contributed by atoms with Crippen molar-refractivity contribution < 1.29 is 4.74 Å². The number of hydrogen-bond donors (Lipinski definition) is 0. The zero-order chi connectivity index (χ0) is 16.8. The summed E-state index contributed by atoms with van der Waals surface area (Å²) < 4.78 is 7.71. The van der Waals surface area contributed by atoms with E-state index < -0.39 is 0 Å². The molecule has 0 unspecified atom stereocenters. The number of fused-ring (bicyclic) bond motifs is 4. The molecule has 2 aromatic carbocycles. The first kappa shape index (κ1) is 14.9. The summed E-state index contributed by atoms with van der Waals surface area (Å²) in [5.74, 6) is 0. The predicted octanol–water partition coefficient (Wildman–Crippen LogP) is 4.55. The van der Waals surface area contributed by atoms with E-state index in [-0.39, 0.29) is 0 Å². The Kier molecular flexibility index (Phi) is 3.51. The molecule has 0 radical (unpaired) electrons.